The fraction of sp³-hybridized carbons (Fsp3) is 0.250. The number of hydrogen-bond acceptors (Lipinski definition) is 2. The van der Waals surface area contributed by atoms with Gasteiger partial charge in [-0.2, -0.15) is 0 Å². The third-order valence-electron chi connectivity index (χ3n) is 2.58. The molecule has 0 radical (unpaired) electrons. The highest BCUT2D eigenvalue weighted by molar-refractivity contribution is 5.98. The lowest BCUT2D eigenvalue weighted by Crippen LogP contribution is -2.37. The van der Waals surface area contributed by atoms with Gasteiger partial charge in [0.2, 0.25) is 0 Å². The Morgan fingerprint density at radius 2 is 2.35 bits per heavy atom. The molecule has 0 saturated carbocycles. The van der Waals surface area contributed by atoms with E-state index in [1.54, 1.807) is 25.1 Å². The minimum absolute atomic E-state index is 0.112. The molecule has 17 heavy (non-hydrogen) atoms. The first-order chi connectivity index (χ1) is 8.11. The van der Waals surface area contributed by atoms with Gasteiger partial charge in [0.25, 0.3) is 5.91 Å². The molecule has 90 valence electrons. The van der Waals surface area contributed by atoms with Crippen molar-refractivity contribution in [2.45, 2.75) is 13.0 Å². The van der Waals surface area contributed by atoms with Crippen molar-refractivity contribution in [2.75, 3.05) is 6.54 Å². The van der Waals surface area contributed by atoms with Crippen LogP contribution in [0.25, 0.3) is 10.9 Å². The number of nitrogens with two attached hydrogens (primary N) is 1. The summed E-state index contributed by atoms with van der Waals surface area (Å²) >= 11 is 0. The smallest absolute Gasteiger partial charge is 0.267 e. The highest BCUT2D eigenvalue weighted by Crippen LogP contribution is 2.18. The zero-order valence-electron chi connectivity index (χ0n) is 9.46. The monoisotopic (exact) mass is 235 g/mol. The van der Waals surface area contributed by atoms with Crippen LogP contribution in [-0.4, -0.2) is 23.5 Å². The quantitative estimate of drug-likeness (QED) is 0.752. The summed E-state index contributed by atoms with van der Waals surface area (Å²) < 4.78 is 13.4. The van der Waals surface area contributed by atoms with Gasteiger partial charge in [-0.05, 0) is 19.1 Å². The Labute approximate surface area is 98.0 Å². The predicted octanol–water partition coefficient (Wildman–Crippen LogP) is 1.38. The van der Waals surface area contributed by atoms with Crippen LogP contribution in [0.5, 0.6) is 0 Å². The zero-order valence-corrected chi connectivity index (χ0v) is 9.46. The van der Waals surface area contributed by atoms with E-state index in [0.717, 1.165) is 0 Å². The molecule has 2 aromatic rings. The number of nitrogens with one attached hydrogen (secondary N) is 2. The second kappa shape index (κ2) is 4.55. The van der Waals surface area contributed by atoms with Crippen LogP contribution in [0.15, 0.2) is 24.3 Å². The molecule has 0 aliphatic carbocycles. The Morgan fingerprint density at radius 3 is 3.00 bits per heavy atom. The molecule has 1 unspecified atom stereocenters. The molecule has 2 rings (SSSR count). The van der Waals surface area contributed by atoms with Crippen molar-refractivity contribution in [3.8, 4) is 0 Å². The molecule has 4 N–H and O–H groups in total. The number of carbonyl (C=O) groups excluding carboxylic acids is 1. The molecule has 0 spiro atoms. The number of fused-ring (bicyclic) bond motifs is 1. The number of rotatable bonds is 3. The Bertz CT molecular complexity index is 550. The van der Waals surface area contributed by atoms with Crippen molar-refractivity contribution in [1.82, 2.24) is 10.3 Å². The SMILES string of the molecule is CC(CN)NC(=O)c1cc2cccc(F)c2[nH]1. The van der Waals surface area contributed by atoms with Crippen LogP contribution in [0.3, 0.4) is 0 Å². The highest BCUT2D eigenvalue weighted by Gasteiger charge is 2.12. The van der Waals surface area contributed by atoms with E-state index in [-0.39, 0.29) is 17.8 Å². The van der Waals surface area contributed by atoms with Gasteiger partial charge in [-0.1, -0.05) is 12.1 Å². The van der Waals surface area contributed by atoms with E-state index < -0.39 is 0 Å². The van der Waals surface area contributed by atoms with Gasteiger partial charge in [-0.25, -0.2) is 4.39 Å². The van der Waals surface area contributed by atoms with Crippen molar-refractivity contribution in [2.24, 2.45) is 5.73 Å². The van der Waals surface area contributed by atoms with E-state index in [4.69, 9.17) is 5.73 Å². The highest BCUT2D eigenvalue weighted by atomic mass is 19.1. The summed E-state index contributed by atoms with van der Waals surface area (Å²) in [5.41, 5.74) is 6.10. The topological polar surface area (TPSA) is 70.9 Å². The Balaban J connectivity index is 2.30. The van der Waals surface area contributed by atoms with Crippen LogP contribution in [0.4, 0.5) is 4.39 Å². The second-order valence-electron chi connectivity index (χ2n) is 4.00. The number of H-pyrrole nitrogens is 1. The van der Waals surface area contributed by atoms with Crippen molar-refractivity contribution in [3.63, 3.8) is 0 Å². The van der Waals surface area contributed by atoms with Gasteiger partial charge < -0.3 is 16.0 Å². The third kappa shape index (κ3) is 2.29. The molecule has 5 heteroatoms. The number of benzene rings is 1. The summed E-state index contributed by atoms with van der Waals surface area (Å²) in [5.74, 6) is -0.646. The van der Waals surface area contributed by atoms with Gasteiger partial charge in [0.05, 0.1) is 5.52 Å². The normalized spacial score (nSPS) is 12.6. The van der Waals surface area contributed by atoms with E-state index in [1.807, 2.05) is 0 Å². The van der Waals surface area contributed by atoms with Gasteiger partial charge in [-0.3, -0.25) is 4.79 Å². The maximum atomic E-state index is 13.4. The van der Waals surface area contributed by atoms with Crippen LogP contribution in [0.2, 0.25) is 0 Å². The van der Waals surface area contributed by atoms with E-state index in [1.165, 1.54) is 6.07 Å². The number of amides is 1. The fourth-order valence-electron chi connectivity index (χ4n) is 1.60. The molecule has 0 fully saturated rings. The number of aromatic nitrogens is 1. The van der Waals surface area contributed by atoms with Gasteiger partial charge in [0.1, 0.15) is 11.5 Å². The van der Waals surface area contributed by atoms with Crippen molar-refractivity contribution in [1.29, 1.82) is 0 Å². The minimum atomic E-state index is -0.367. The lowest BCUT2D eigenvalue weighted by molar-refractivity contribution is 0.0937. The Morgan fingerprint density at radius 1 is 1.59 bits per heavy atom. The summed E-state index contributed by atoms with van der Waals surface area (Å²) in [4.78, 5) is 14.5. The molecule has 1 aromatic heterocycles. The molecule has 0 aliphatic rings. The summed E-state index contributed by atoms with van der Waals surface area (Å²) in [7, 11) is 0. The largest absolute Gasteiger partial charge is 0.348 e. The van der Waals surface area contributed by atoms with Gasteiger partial charge in [-0.15, -0.1) is 0 Å². The molecular formula is C12H14FN3O. The molecule has 0 aliphatic heterocycles. The molecule has 0 bridgehead atoms. The number of hydrogen-bond donors (Lipinski definition) is 3. The number of halogens is 1. The van der Waals surface area contributed by atoms with Gasteiger partial charge in [0.15, 0.2) is 0 Å². The average Bonchev–Trinajstić information content (AvgIpc) is 2.74. The average molecular weight is 235 g/mol. The van der Waals surface area contributed by atoms with E-state index in [9.17, 15) is 9.18 Å². The van der Waals surface area contributed by atoms with Crippen molar-refractivity contribution >= 4 is 16.8 Å². The van der Waals surface area contributed by atoms with Gasteiger partial charge >= 0.3 is 0 Å². The van der Waals surface area contributed by atoms with Crippen LogP contribution in [0.1, 0.15) is 17.4 Å². The molecule has 0 saturated heterocycles. The molecule has 1 amide bonds. The Hall–Kier alpha value is -1.88. The first-order valence-electron chi connectivity index (χ1n) is 5.40. The van der Waals surface area contributed by atoms with Crippen molar-refractivity contribution < 1.29 is 9.18 Å². The van der Waals surface area contributed by atoms with Gasteiger partial charge in [0, 0.05) is 18.0 Å². The first kappa shape index (κ1) is 11.6. The zero-order chi connectivity index (χ0) is 12.4. The van der Waals surface area contributed by atoms with E-state index in [0.29, 0.717) is 23.1 Å². The maximum absolute atomic E-state index is 13.4. The molecule has 4 nitrogen and oxygen atoms in total. The van der Waals surface area contributed by atoms with Crippen LogP contribution in [0, 0.1) is 5.82 Å². The lowest BCUT2D eigenvalue weighted by atomic mass is 10.2. The first-order valence-corrected chi connectivity index (χ1v) is 5.40. The molecule has 1 atom stereocenters. The second-order valence-corrected chi connectivity index (χ2v) is 4.00. The van der Waals surface area contributed by atoms with Crippen LogP contribution >= 0.6 is 0 Å². The summed E-state index contributed by atoms with van der Waals surface area (Å²) in [6.07, 6.45) is 0. The standard InChI is InChI=1S/C12H14FN3O/c1-7(6-14)15-12(17)10-5-8-3-2-4-9(13)11(8)16-10/h2-5,7,16H,6,14H2,1H3,(H,15,17). The van der Waals surface area contributed by atoms with Crippen LogP contribution < -0.4 is 11.1 Å². The predicted molar refractivity (Wildman–Crippen MR) is 64.2 cm³/mol. The maximum Gasteiger partial charge on any atom is 0.267 e. The van der Waals surface area contributed by atoms with E-state index in [2.05, 4.69) is 10.3 Å². The minimum Gasteiger partial charge on any atom is -0.348 e. The summed E-state index contributed by atoms with van der Waals surface area (Å²) in [6.45, 7) is 2.17. The Kier molecular flexibility index (Phi) is 3.10. The summed E-state index contributed by atoms with van der Waals surface area (Å²) in [5, 5.41) is 3.39. The number of aromatic amines is 1. The lowest BCUT2D eigenvalue weighted by Gasteiger charge is -2.09. The van der Waals surface area contributed by atoms with E-state index >= 15 is 0 Å². The third-order valence-corrected chi connectivity index (χ3v) is 2.58. The molecular weight excluding hydrogens is 221 g/mol. The van der Waals surface area contributed by atoms with Crippen LogP contribution in [-0.2, 0) is 0 Å². The summed E-state index contributed by atoms with van der Waals surface area (Å²) in [6, 6.07) is 6.21. The molecule has 1 aromatic carbocycles. The number of carbonyl (C=O) groups is 1. The number of para-hydroxylation sites is 1. The van der Waals surface area contributed by atoms with Crippen molar-refractivity contribution in [3.05, 3.63) is 35.8 Å². The molecule has 1 heterocycles. The fourth-order valence-corrected chi connectivity index (χ4v) is 1.60.